The number of hydrogen-bond donors (Lipinski definition) is 1. The van der Waals surface area contributed by atoms with Crippen LogP contribution in [0.25, 0.3) is 0 Å². The third-order valence-corrected chi connectivity index (χ3v) is 2.12. The van der Waals surface area contributed by atoms with E-state index in [-0.39, 0.29) is 12.5 Å². The Morgan fingerprint density at radius 1 is 1.38 bits per heavy atom. The van der Waals surface area contributed by atoms with Gasteiger partial charge in [0.05, 0.1) is 0 Å². The fourth-order valence-corrected chi connectivity index (χ4v) is 1.23. The number of nitrogens with one attached hydrogen (secondary N) is 1. The maximum Gasteiger partial charge on any atom is 0.389 e. The van der Waals surface area contributed by atoms with E-state index < -0.39 is 12.6 Å². The molecule has 1 nitrogen and oxygen atoms in total. The third-order valence-electron chi connectivity index (χ3n) is 1.75. The first-order chi connectivity index (χ1) is 5.99. The lowest BCUT2D eigenvalue weighted by Crippen LogP contribution is -2.31. The van der Waals surface area contributed by atoms with Crippen molar-refractivity contribution in [2.45, 2.75) is 38.4 Å². The molecule has 80 valence electrons. The molecule has 5 heteroatoms. The molecule has 1 N–H and O–H groups in total. The Labute approximate surface area is 81.6 Å². The molecule has 0 rings (SSSR count). The van der Waals surface area contributed by atoms with Crippen LogP contribution in [0.3, 0.4) is 0 Å². The molecule has 0 fully saturated rings. The fourth-order valence-electron chi connectivity index (χ4n) is 0.903. The van der Waals surface area contributed by atoms with E-state index in [0.717, 1.165) is 6.42 Å². The standard InChI is InChI=1S/C8H15ClF3N/c1-2-7(6-9)13-5-3-4-8(10,11)12/h7,13H,2-6H2,1H3. The van der Waals surface area contributed by atoms with Crippen molar-refractivity contribution in [1.29, 1.82) is 0 Å². The van der Waals surface area contributed by atoms with E-state index in [4.69, 9.17) is 11.6 Å². The molecule has 0 aliphatic rings. The summed E-state index contributed by atoms with van der Waals surface area (Å²) < 4.78 is 35.1. The zero-order chi connectivity index (χ0) is 10.3. The predicted octanol–water partition coefficient (Wildman–Crippen LogP) is 2.94. The topological polar surface area (TPSA) is 12.0 Å². The van der Waals surface area contributed by atoms with Gasteiger partial charge in [-0.25, -0.2) is 0 Å². The van der Waals surface area contributed by atoms with Crippen LogP contribution < -0.4 is 5.32 Å². The van der Waals surface area contributed by atoms with Gasteiger partial charge in [0.2, 0.25) is 0 Å². The van der Waals surface area contributed by atoms with E-state index in [9.17, 15) is 13.2 Å². The van der Waals surface area contributed by atoms with Gasteiger partial charge in [0.15, 0.2) is 0 Å². The second kappa shape index (κ2) is 6.49. The second-order valence-corrected chi connectivity index (χ2v) is 3.24. The van der Waals surface area contributed by atoms with Crippen molar-refractivity contribution < 1.29 is 13.2 Å². The minimum Gasteiger partial charge on any atom is -0.313 e. The maximum absolute atomic E-state index is 11.7. The highest BCUT2D eigenvalue weighted by atomic mass is 35.5. The molecule has 0 aliphatic carbocycles. The number of alkyl halides is 4. The quantitative estimate of drug-likeness (QED) is 0.533. The molecule has 1 atom stereocenters. The van der Waals surface area contributed by atoms with E-state index in [0.29, 0.717) is 12.4 Å². The summed E-state index contributed by atoms with van der Waals surface area (Å²) in [6.07, 6.45) is -3.80. The van der Waals surface area contributed by atoms with Gasteiger partial charge in [0.25, 0.3) is 0 Å². The van der Waals surface area contributed by atoms with Gasteiger partial charge in [-0.2, -0.15) is 13.2 Å². The van der Waals surface area contributed by atoms with Gasteiger partial charge in [-0.1, -0.05) is 6.92 Å². The van der Waals surface area contributed by atoms with Crippen molar-refractivity contribution in [2.24, 2.45) is 0 Å². The minimum atomic E-state index is -4.04. The summed E-state index contributed by atoms with van der Waals surface area (Å²) in [6, 6.07) is 0.134. The van der Waals surface area contributed by atoms with Gasteiger partial charge < -0.3 is 5.32 Å². The van der Waals surface area contributed by atoms with Crippen molar-refractivity contribution >= 4 is 11.6 Å². The highest BCUT2D eigenvalue weighted by molar-refractivity contribution is 6.18. The van der Waals surface area contributed by atoms with Gasteiger partial charge in [-0.3, -0.25) is 0 Å². The molecule has 13 heavy (non-hydrogen) atoms. The van der Waals surface area contributed by atoms with E-state index >= 15 is 0 Å². The summed E-state index contributed by atoms with van der Waals surface area (Å²) in [5.41, 5.74) is 0. The average molecular weight is 218 g/mol. The van der Waals surface area contributed by atoms with E-state index in [2.05, 4.69) is 5.32 Å². The number of hydrogen-bond acceptors (Lipinski definition) is 1. The number of rotatable bonds is 6. The Morgan fingerprint density at radius 2 is 2.00 bits per heavy atom. The normalized spacial score (nSPS) is 14.5. The van der Waals surface area contributed by atoms with E-state index in [1.807, 2.05) is 6.92 Å². The van der Waals surface area contributed by atoms with Crippen molar-refractivity contribution in [3.63, 3.8) is 0 Å². The van der Waals surface area contributed by atoms with Crippen molar-refractivity contribution in [3.05, 3.63) is 0 Å². The van der Waals surface area contributed by atoms with Gasteiger partial charge in [-0.05, 0) is 19.4 Å². The van der Waals surface area contributed by atoms with Crippen LogP contribution in [0.5, 0.6) is 0 Å². The van der Waals surface area contributed by atoms with Crippen molar-refractivity contribution in [2.75, 3.05) is 12.4 Å². The third kappa shape index (κ3) is 8.37. The molecule has 0 saturated heterocycles. The summed E-state index contributed by atoms with van der Waals surface area (Å²) in [4.78, 5) is 0. The molecular formula is C8H15ClF3N. The molecule has 0 aromatic heterocycles. The summed E-state index contributed by atoms with van der Waals surface area (Å²) >= 11 is 5.55. The highest BCUT2D eigenvalue weighted by Crippen LogP contribution is 2.20. The molecule has 0 saturated carbocycles. The maximum atomic E-state index is 11.7. The lowest BCUT2D eigenvalue weighted by Gasteiger charge is -2.13. The van der Waals surface area contributed by atoms with Gasteiger partial charge >= 0.3 is 6.18 Å². The van der Waals surface area contributed by atoms with Gasteiger partial charge in [-0.15, -0.1) is 11.6 Å². The number of halogens is 4. The van der Waals surface area contributed by atoms with Gasteiger partial charge in [0, 0.05) is 18.3 Å². The molecular weight excluding hydrogens is 203 g/mol. The van der Waals surface area contributed by atoms with Crippen molar-refractivity contribution in [3.8, 4) is 0 Å². The summed E-state index contributed by atoms with van der Waals surface area (Å²) in [5, 5.41) is 2.96. The zero-order valence-corrected chi connectivity index (χ0v) is 8.38. The van der Waals surface area contributed by atoms with Crippen LogP contribution in [-0.2, 0) is 0 Å². The molecule has 0 aromatic rings. The molecule has 0 heterocycles. The largest absolute Gasteiger partial charge is 0.389 e. The molecule has 0 amide bonds. The van der Waals surface area contributed by atoms with Crippen LogP contribution in [0.2, 0.25) is 0 Å². The molecule has 1 unspecified atom stereocenters. The Kier molecular flexibility index (Phi) is 6.51. The molecule has 0 bridgehead atoms. The van der Waals surface area contributed by atoms with Crippen LogP contribution in [0, 0.1) is 0 Å². The first-order valence-electron chi connectivity index (χ1n) is 4.35. The monoisotopic (exact) mass is 217 g/mol. The Bertz CT molecular complexity index is 123. The SMILES string of the molecule is CCC(CCl)NCCCC(F)(F)F. The zero-order valence-electron chi connectivity index (χ0n) is 7.62. The summed E-state index contributed by atoms with van der Waals surface area (Å²) in [5.74, 6) is 0.447. The Balaban J connectivity index is 3.34. The lowest BCUT2D eigenvalue weighted by molar-refractivity contribution is -0.135. The van der Waals surface area contributed by atoms with Crippen LogP contribution in [0.15, 0.2) is 0 Å². The van der Waals surface area contributed by atoms with E-state index in [1.54, 1.807) is 0 Å². The van der Waals surface area contributed by atoms with Crippen molar-refractivity contribution in [1.82, 2.24) is 5.32 Å². The second-order valence-electron chi connectivity index (χ2n) is 2.93. The van der Waals surface area contributed by atoms with Crippen LogP contribution in [0.1, 0.15) is 26.2 Å². The first-order valence-corrected chi connectivity index (χ1v) is 4.89. The van der Waals surface area contributed by atoms with E-state index in [1.165, 1.54) is 0 Å². The lowest BCUT2D eigenvalue weighted by atomic mass is 10.2. The molecule has 0 aliphatic heterocycles. The van der Waals surface area contributed by atoms with Crippen LogP contribution in [0.4, 0.5) is 13.2 Å². The molecule has 0 radical (unpaired) electrons. The Morgan fingerprint density at radius 3 is 2.38 bits per heavy atom. The average Bonchev–Trinajstić information content (AvgIpc) is 2.03. The highest BCUT2D eigenvalue weighted by Gasteiger charge is 2.25. The minimum absolute atomic E-state index is 0.122. The summed E-state index contributed by atoms with van der Waals surface area (Å²) in [7, 11) is 0. The first kappa shape index (κ1) is 13.0. The smallest absolute Gasteiger partial charge is 0.313 e. The van der Waals surface area contributed by atoms with Gasteiger partial charge in [0.1, 0.15) is 0 Å². The van der Waals surface area contributed by atoms with Crippen LogP contribution >= 0.6 is 11.6 Å². The van der Waals surface area contributed by atoms with Crippen LogP contribution in [-0.4, -0.2) is 24.6 Å². The predicted molar refractivity (Wildman–Crippen MR) is 48.1 cm³/mol. The molecule has 0 spiro atoms. The summed E-state index contributed by atoms with van der Waals surface area (Å²) in [6.45, 7) is 2.33. The molecule has 0 aromatic carbocycles. The Hall–Kier alpha value is 0.0400. The fraction of sp³-hybridized carbons (Fsp3) is 1.00.